The van der Waals surface area contributed by atoms with Crippen LogP contribution < -0.4 is 19.5 Å². The number of carbonyl (C=O) groups is 2. The molecule has 0 aliphatic carbocycles. The van der Waals surface area contributed by atoms with Crippen LogP contribution in [0.4, 0.5) is 5.69 Å². The minimum absolute atomic E-state index is 0.112. The fraction of sp³-hybridized carbons (Fsp3) is 0.231. The molecule has 1 saturated heterocycles. The SMILES string of the molecule is COc1cc(C(=O)Nc2ccc(Oc3ccccc3)cc2)ccc1OCC(=O)N1CCOCC1. The van der Waals surface area contributed by atoms with Gasteiger partial charge >= 0.3 is 0 Å². The molecule has 0 spiro atoms. The lowest BCUT2D eigenvalue weighted by atomic mass is 10.1. The Hall–Kier alpha value is -4.04. The predicted octanol–water partition coefficient (Wildman–Crippen LogP) is 3.98. The smallest absolute Gasteiger partial charge is 0.260 e. The summed E-state index contributed by atoms with van der Waals surface area (Å²) in [5, 5.41) is 2.85. The van der Waals surface area contributed by atoms with Crippen molar-refractivity contribution in [3.8, 4) is 23.0 Å². The number of anilines is 1. The fourth-order valence-electron chi connectivity index (χ4n) is 3.41. The Morgan fingerprint density at radius 2 is 1.62 bits per heavy atom. The van der Waals surface area contributed by atoms with Crippen LogP contribution in [-0.2, 0) is 9.53 Å². The maximum absolute atomic E-state index is 12.7. The molecule has 1 N–H and O–H groups in total. The van der Waals surface area contributed by atoms with Gasteiger partial charge in [0.15, 0.2) is 18.1 Å². The van der Waals surface area contributed by atoms with Gasteiger partial charge in [0.25, 0.3) is 11.8 Å². The summed E-state index contributed by atoms with van der Waals surface area (Å²) in [6, 6.07) is 21.4. The molecule has 3 aromatic carbocycles. The number of para-hydroxylation sites is 1. The highest BCUT2D eigenvalue weighted by atomic mass is 16.5. The number of carbonyl (C=O) groups excluding carboxylic acids is 2. The normalized spacial score (nSPS) is 13.1. The molecule has 4 rings (SSSR count). The molecule has 0 saturated carbocycles. The minimum atomic E-state index is -0.300. The second-order valence-corrected chi connectivity index (χ2v) is 7.54. The van der Waals surface area contributed by atoms with E-state index in [1.807, 2.05) is 30.3 Å². The van der Waals surface area contributed by atoms with E-state index in [4.69, 9.17) is 18.9 Å². The molecule has 1 aliphatic rings. The summed E-state index contributed by atoms with van der Waals surface area (Å²) in [6.07, 6.45) is 0. The first-order valence-electron chi connectivity index (χ1n) is 10.9. The van der Waals surface area contributed by atoms with Crippen LogP contribution in [-0.4, -0.2) is 56.7 Å². The number of methoxy groups -OCH3 is 1. The largest absolute Gasteiger partial charge is 0.493 e. The van der Waals surface area contributed by atoms with Gasteiger partial charge in [-0.2, -0.15) is 0 Å². The third kappa shape index (κ3) is 6.05. The quantitative estimate of drug-likeness (QED) is 0.545. The number of amides is 2. The highest BCUT2D eigenvalue weighted by Gasteiger charge is 2.18. The number of rotatable bonds is 8. The van der Waals surface area contributed by atoms with Crippen molar-refractivity contribution in [2.75, 3.05) is 45.3 Å². The van der Waals surface area contributed by atoms with E-state index in [9.17, 15) is 9.59 Å². The Bertz CT molecular complexity index is 1110. The first kappa shape index (κ1) is 23.1. The Kier molecular flexibility index (Phi) is 7.62. The van der Waals surface area contributed by atoms with Crippen molar-refractivity contribution in [2.24, 2.45) is 0 Å². The fourth-order valence-corrected chi connectivity index (χ4v) is 3.41. The van der Waals surface area contributed by atoms with Crippen LogP contribution in [0.15, 0.2) is 72.8 Å². The molecule has 0 radical (unpaired) electrons. The van der Waals surface area contributed by atoms with Gasteiger partial charge in [0, 0.05) is 24.3 Å². The van der Waals surface area contributed by atoms with Gasteiger partial charge < -0.3 is 29.2 Å². The lowest BCUT2D eigenvalue weighted by Gasteiger charge is -2.26. The van der Waals surface area contributed by atoms with Gasteiger partial charge in [-0.05, 0) is 54.6 Å². The Balaban J connectivity index is 1.35. The van der Waals surface area contributed by atoms with E-state index in [1.54, 1.807) is 47.4 Å². The maximum Gasteiger partial charge on any atom is 0.260 e. The first-order chi connectivity index (χ1) is 16.6. The van der Waals surface area contributed by atoms with Crippen LogP contribution in [0.2, 0.25) is 0 Å². The number of hydrogen-bond acceptors (Lipinski definition) is 6. The van der Waals surface area contributed by atoms with Crippen molar-refractivity contribution < 1.29 is 28.5 Å². The molecule has 1 heterocycles. The molecule has 8 nitrogen and oxygen atoms in total. The second kappa shape index (κ2) is 11.2. The highest BCUT2D eigenvalue weighted by Crippen LogP contribution is 2.29. The lowest BCUT2D eigenvalue weighted by Crippen LogP contribution is -2.43. The molecule has 1 fully saturated rings. The standard InChI is InChI=1S/C26H26N2O6/c1-31-24-17-19(7-12-23(24)33-18-25(29)28-13-15-32-16-14-28)26(30)27-20-8-10-22(11-9-20)34-21-5-3-2-4-6-21/h2-12,17H,13-16,18H2,1H3,(H,27,30). The van der Waals surface area contributed by atoms with Crippen LogP contribution in [0.3, 0.4) is 0 Å². The molecule has 0 bridgehead atoms. The number of benzene rings is 3. The van der Waals surface area contributed by atoms with E-state index in [0.29, 0.717) is 54.8 Å². The van der Waals surface area contributed by atoms with Gasteiger partial charge in [0.1, 0.15) is 11.5 Å². The Morgan fingerprint density at radius 1 is 0.912 bits per heavy atom. The van der Waals surface area contributed by atoms with Crippen LogP contribution in [0.25, 0.3) is 0 Å². The van der Waals surface area contributed by atoms with Gasteiger partial charge in [0.2, 0.25) is 0 Å². The molecule has 1 aliphatic heterocycles. The van der Waals surface area contributed by atoms with Crippen LogP contribution in [0.1, 0.15) is 10.4 Å². The molecule has 176 valence electrons. The number of nitrogens with zero attached hydrogens (tertiary/aromatic N) is 1. The molecular weight excluding hydrogens is 436 g/mol. The maximum atomic E-state index is 12.7. The van der Waals surface area contributed by atoms with E-state index < -0.39 is 0 Å². The van der Waals surface area contributed by atoms with Crippen molar-refractivity contribution in [1.82, 2.24) is 4.90 Å². The van der Waals surface area contributed by atoms with E-state index >= 15 is 0 Å². The van der Waals surface area contributed by atoms with Gasteiger partial charge in [-0.3, -0.25) is 9.59 Å². The number of ether oxygens (including phenoxy) is 4. The third-order valence-corrected chi connectivity index (χ3v) is 5.23. The van der Waals surface area contributed by atoms with Crippen molar-refractivity contribution in [2.45, 2.75) is 0 Å². The zero-order valence-corrected chi connectivity index (χ0v) is 18.9. The molecule has 3 aromatic rings. The van der Waals surface area contributed by atoms with Gasteiger partial charge in [-0.1, -0.05) is 18.2 Å². The lowest BCUT2D eigenvalue weighted by molar-refractivity contribution is -0.137. The monoisotopic (exact) mass is 462 g/mol. The van der Waals surface area contributed by atoms with Crippen molar-refractivity contribution in [3.05, 3.63) is 78.4 Å². The molecular formula is C26H26N2O6. The molecule has 0 atom stereocenters. The zero-order chi connectivity index (χ0) is 23.8. The van der Waals surface area contributed by atoms with E-state index in [1.165, 1.54) is 7.11 Å². The predicted molar refractivity (Wildman–Crippen MR) is 127 cm³/mol. The highest BCUT2D eigenvalue weighted by molar-refractivity contribution is 6.04. The van der Waals surface area contributed by atoms with Crippen molar-refractivity contribution >= 4 is 17.5 Å². The van der Waals surface area contributed by atoms with Gasteiger partial charge in [-0.15, -0.1) is 0 Å². The van der Waals surface area contributed by atoms with Gasteiger partial charge in [-0.25, -0.2) is 0 Å². The van der Waals surface area contributed by atoms with Gasteiger partial charge in [0.05, 0.1) is 20.3 Å². The Morgan fingerprint density at radius 3 is 2.32 bits per heavy atom. The first-order valence-corrected chi connectivity index (χ1v) is 10.9. The average Bonchev–Trinajstić information content (AvgIpc) is 2.89. The number of morpholine rings is 1. The zero-order valence-electron chi connectivity index (χ0n) is 18.9. The summed E-state index contributed by atoms with van der Waals surface area (Å²) in [4.78, 5) is 26.7. The van der Waals surface area contributed by atoms with Crippen molar-refractivity contribution in [1.29, 1.82) is 0 Å². The minimum Gasteiger partial charge on any atom is -0.493 e. The summed E-state index contributed by atoms with van der Waals surface area (Å²) in [5.74, 6) is 1.74. The van der Waals surface area contributed by atoms with E-state index in [-0.39, 0.29) is 18.4 Å². The van der Waals surface area contributed by atoms with E-state index in [2.05, 4.69) is 5.32 Å². The third-order valence-electron chi connectivity index (χ3n) is 5.23. The van der Waals surface area contributed by atoms with Crippen LogP contribution in [0, 0.1) is 0 Å². The van der Waals surface area contributed by atoms with Crippen molar-refractivity contribution in [3.63, 3.8) is 0 Å². The topological polar surface area (TPSA) is 86.3 Å². The molecule has 2 amide bonds. The summed E-state index contributed by atoms with van der Waals surface area (Å²) in [7, 11) is 1.49. The molecule has 8 heteroatoms. The van der Waals surface area contributed by atoms with Crippen LogP contribution >= 0.6 is 0 Å². The average molecular weight is 463 g/mol. The summed E-state index contributed by atoms with van der Waals surface area (Å²) >= 11 is 0. The van der Waals surface area contributed by atoms with Crippen LogP contribution in [0.5, 0.6) is 23.0 Å². The number of hydrogen-bond donors (Lipinski definition) is 1. The molecule has 0 aromatic heterocycles. The Labute approximate surface area is 198 Å². The summed E-state index contributed by atoms with van der Waals surface area (Å²) in [6.45, 7) is 2.05. The molecule has 34 heavy (non-hydrogen) atoms. The summed E-state index contributed by atoms with van der Waals surface area (Å²) in [5.41, 5.74) is 1.02. The number of nitrogens with one attached hydrogen (secondary N) is 1. The van der Waals surface area contributed by atoms with E-state index in [0.717, 1.165) is 5.75 Å². The summed E-state index contributed by atoms with van der Waals surface area (Å²) < 4.78 is 22.1. The second-order valence-electron chi connectivity index (χ2n) is 7.54. The molecule has 0 unspecified atom stereocenters.